The minimum atomic E-state index is 0.694. The van der Waals surface area contributed by atoms with Crippen LogP contribution in [-0.2, 0) is 6.42 Å². The molecule has 1 aliphatic carbocycles. The molecule has 0 heterocycles. The zero-order valence-corrected chi connectivity index (χ0v) is 11.2. The largest absolute Gasteiger partial charge is 0.330 e. The summed E-state index contributed by atoms with van der Waals surface area (Å²) in [6.45, 7) is 0.752. The van der Waals surface area contributed by atoms with Crippen LogP contribution in [0.5, 0.6) is 0 Å². The summed E-state index contributed by atoms with van der Waals surface area (Å²) in [5.74, 6) is 0.694. The monoisotopic (exact) mass is 251 g/mol. The zero-order valence-electron chi connectivity index (χ0n) is 10.4. The van der Waals surface area contributed by atoms with Gasteiger partial charge in [-0.05, 0) is 55.3 Å². The van der Waals surface area contributed by atoms with Crippen molar-refractivity contribution in [3.63, 3.8) is 0 Å². The molecule has 0 saturated heterocycles. The Morgan fingerprint density at radius 2 is 1.94 bits per heavy atom. The van der Waals surface area contributed by atoms with Gasteiger partial charge in [0.15, 0.2) is 0 Å². The normalized spacial score (nSPS) is 17.3. The molecule has 1 saturated carbocycles. The van der Waals surface area contributed by atoms with Gasteiger partial charge in [-0.3, -0.25) is 0 Å². The number of aryl methyl sites for hydroxylation is 1. The summed E-state index contributed by atoms with van der Waals surface area (Å²) in [7, 11) is 0. The molecule has 1 fully saturated rings. The molecule has 2 rings (SSSR count). The van der Waals surface area contributed by atoms with E-state index in [1.807, 2.05) is 0 Å². The summed E-state index contributed by atoms with van der Waals surface area (Å²) in [6, 6.07) is 6.61. The summed E-state index contributed by atoms with van der Waals surface area (Å²) in [5.41, 5.74) is 8.21. The second-order valence-corrected chi connectivity index (χ2v) is 5.49. The van der Waals surface area contributed by atoms with Crippen LogP contribution in [0.25, 0.3) is 0 Å². The van der Waals surface area contributed by atoms with E-state index in [4.69, 9.17) is 17.3 Å². The first-order valence-electron chi connectivity index (χ1n) is 6.79. The molecular formula is C15H22ClN. The van der Waals surface area contributed by atoms with E-state index in [1.165, 1.54) is 43.2 Å². The third-order valence-electron chi connectivity index (χ3n) is 3.78. The van der Waals surface area contributed by atoms with Crippen molar-refractivity contribution < 1.29 is 0 Å². The number of hydrogen-bond donors (Lipinski definition) is 1. The van der Waals surface area contributed by atoms with Crippen molar-refractivity contribution in [2.24, 2.45) is 5.73 Å². The summed E-state index contributed by atoms with van der Waals surface area (Å²) in [5, 5.41) is 0.964. The molecule has 0 aromatic heterocycles. The molecule has 1 aromatic rings. The quantitative estimate of drug-likeness (QED) is 0.849. The SMILES string of the molecule is NCCCc1ccc(C2CCCCC2)c(Cl)c1. The summed E-state index contributed by atoms with van der Waals surface area (Å²) < 4.78 is 0. The summed E-state index contributed by atoms with van der Waals surface area (Å²) in [6.07, 6.45) is 8.80. The maximum Gasteiger partial charge on any atom is 0.0443 e. The van der Waals surface area contributed by atoms with Crippen LogP contribution in [0.3, 0.4) is 0 Å². The van der Waals surface area contributed by atoms with Crippen LogP contribution < -0.4 is 5.73 Å². The third-order valence-corrected chi connectivity index (χ3v) is 4.11. The molecule has 0 atom stereocenters. The van der Waals surface area contributed by atoms with E-state index in [0.717, 1.165) is 24.4 Å². The van der Waals surface area contributed by atoms with Crippen LogP contribution in [0.1, 0.15) is 55.6 Å². The van der Waals surface area contributed by atoms with Crippen molar-refractivity contribution in [2.45, 2.75) is 50.9 Å². The molecule has 0 radical (unpaired) electrons. The number of halogens is 1. The lowest BCUT2D eigenvalue weighted by Crippen LogP contribution is -2.05. The predicted octanol–water partition coefficient (Wildman–Crippen LogP) is 4.28. The highest BCUT2D eigenvalue weighted by molar-refractivity contribution is 6.31. The van der Waals surface area contributed by atoms with Gasteiger partial charge in [0.25, 0.3) is 0 Å². The van der Waals surface area contributed by atoms with Crippen molar-refractivity contribution in [3.05, 3.63) is 34.3 Å². The Morgan fingerprint density at radius 1 is 1.18 bits per heavy atom. The van der Waals surface area contributed by atoms with E-state index in [0.29, 0.717) is 5.92 Å². The molecule has 94 valence electrons. The van der Waals surface area contributed by atoms with E-state index in [9.17, 15) is 0 Å². The Labute approximate surface area is 109 Å². The first kappa shape index (κ1) is 12.9. The second kappa shape index (κ2) is 6.42. The molecule has 2 N–H and O–H groups in total. The van der Waals surface area contributed by atoms with Crippen LogP contribution in [0.15, 0.2) is 18.2 Å². The Morgan fingerprint density at radius 3 is 2.59 bits per heavy atom. The van der Waals surface area contributed by atoms with E-state index < -0.39 is 0 Å². The Bertz CT molecular complexity index is 356. The van der Waals surface area contributed by atoms with Crippen molar-refractivity contribution in [3.8, 4) is 0 Å². The maximum absolute atomic E-state index is 6.41. The van der Waals surface area contributed by atoms with Gasteiger partial charge >= 0.3 is 0 Å². The lowest BCUT2D eigenvalue weighted by Gasteiger charge is -2.23. The predicted molar refractivity (Wildman–Crippen MR) is 74.7 cm³/mol. The van der Waals surface area contributed by atoms with Crippen molar-refractivity contribution in [1.82, 2.24) is 0 Å². The van der Waals surface area contributed by atoms with Gasteiger partial charge in [0.1, 0.15) is 0 Å². The number of rotatable bonds is 4. The summed E-state index contributed by atoms with van der Waals surface area (Å²) in [4.78, 5) is 0. The van der Waals surface area contributed by atoms with E-state index in [2.05, 4.69) is 18.2 Å². The smallest absolute Gasteiger partial charge is 0.0443 e. The van der Waals surface area contributed by atoms with Gasteiger partial charge in [-0.1, -0.05) is 43.0 Å². The first-order chi connectivity index (χ1) is 8.31. The van der Waals surface area contributed by atoms with Crippen LogP contribution >= 0.6 is 11.6 Å². The van der Waals surface area contributed by atoms with E-state index >= 15 is 0 Å². The fourth-order valence-corrected chi connectivity index (χ4v) is 3.13. The fraction of sp³-hybridized carbons (Fsp3) is 0.600. The fourth-order valence-electron chi connectivity index (χ4n) is 2.78. The Kier molecular flexibility index (Phi) is 4.87. The molecule has 0 aliphatic heterocycles. The van der Waals surface area contributed by atoms with Crippen LogP contribution in [0, 0.1) is 0 Å². The average molecular weight is 252 g/mol. The number of benzene rings is 1. The Balaban J connectivity index is 2.07. The van der Waals surface area contributed by atoms with Crippen LogP contribution in [-0.4, -0.2) is 6.54 Å². The number of nitrogens with two attached hydrogens (primary N) is 1. The van der Waals surface area contributed by atoms with Crippen molar-refractivity contribution in [2.75, 3.05) is 6.54 Å². The van der Waals surface area contributed by atoms with E-state index in [1.54, 1.807) is 0 Å². The Hall–Kier alpha value is -0.530. The standard InChI is InChI=1S/C15H22ClN/c16-15-11-12(5-4-10-17)8-9-14(15)13-6-2-1-3-7-13/h8-9,11,13H,1-7,10,17H2. The lowest BCUT2D eigenvalue weighted by molar-refractivity contribution is 0.443. The van der Waals surface area contributed by atoms with Gasteiger partial charge in [0.05, 0.1) is 0 Å². The van der Waals surface area contributed by atoms with Gasteiger partial charge in [-0.15, -0.1) is 0 Å². The van der Waals surface area contributed by atoms with Gasteiger partial charge in [0.2, 0.25) is 0 Å². The highest BCUT2D eigenvalue weighted by Gasteiger charge is 2.17. The van der Waals surface area contributed by atoms with E-state index in [-0.39, 0.29) is 0 Å². The van der Waals surface area contributed by atoms with Crippen LogP contribution in [0.4, 0.5) is 0 Å². The van der Waals surface area contributed by atoms with Crippen molar-refractivity contribution >= 4 is 11.6 Å². The second-order valence-electron chi connectivity index (χ2n) is 5.08. The minimum absolute atomic E-state index is 0.694. The molecule has 1 aliphatic rings. The maximum atomic E-state index is 6.41. The lowest BCUT2D eigenvalue weighted by atomic mass is 9.84. The zero-order chi connectivity index (χ0) is 12.1. The molecule has 1 nitrogen and oxygen atoms in total. The molecule has 17 heavy (non-hydrogen) atoms. The highest BCUT2D eigenvalue weighted by atomic mass is 35.5. The molecule has 0 spiro atoms. The highest BCUT2D eigenvalue weighted by Crippen LogP contribution is 2.36. The first-order valence-corrected chi connectivity index (χ1v) is 7.17. The molecule has 2 heteroatoms. The van der Waals surface area contributed by atoms with Gasteiger partial charge in [-0.2, -0.15) is 0 Å². The van der Waals surface area contributed by atoms with Gasteiger partial charge < -0.3 is 5.73 Å². The van der Waals surface area contributed by atoms with Gasteiger partial charge in [-0.25, -0.2) is 0 Å². The van der Waals surface area contributed by atoms with Crippen LogP contribution in [0.2, 0.25) is 5.02 Å². The molecule has 1 aromatic carbocycles. The molecule has 0 unspecified atom stereocenters. The molecule has 0 bridgehead atoms. The van der Waals surface area contributed by atoms with Crippen molar-refractivity contribution in [1.29, 1.82) is 0 Å². The minimum Gasteiger partial charge on any atom is -0.330 e. The molecular weight excluding hydrogens is 230 g/mol. The summed E-state index contributed by atoms with van der Waals surface area (Å²) >= 11 is 6.41. The van der Waals surface area contributed by atoms with Gasteiger partial charge in [0, 0.05) is 5.02 Å². The topological polar surface area (TPSA) is 26.0 Å². The molecule has 0 amide bonds. The third kappa shape index (κ3) is 3.46. The average Bonchev–Trinajstić information content (AvgIpc) is 2.37. The number of hydrogen-bond acceptors (Lipinski definition) is 1.